The van der Waals surface area contributed by atoms with Gasteiger partial charge in [0.1, 0.15) is 6.10 Å². The van der Waals surface area contributed by atoms with Crippen molar-refractivity contribution < 1.29 is 14.3 Å². The van der Waals surface area contributed by atoms with Gasteiger partial charge in [0.25, 0.3) is 0 Å². The highest BCUT2D eigenvalue weighted by atomic mass is 79.9. The first-order valence-corrected chi connectivity index (χ1v) is 10.3. The normalized spacial score (nSPS) is 33.4. The highest BCUT2D eigenvalue weighted by Gasteiger charge is 2.52. The Morgan fingerprint density at radius 1 is 1.36 bits per heavy atom. The van der Waals surface area contributed by atoms with Gasteiger partial charge in [0.15, 0.2) is 11.6 Å². The summed E-state index contributed by atoms with van der Waals surface area (Å²) in [6.45, 7) is 0.641. The molecule has 0 aromatic carbocycles. The van der Waals surface area contributed by atoms with Crippen molar-refractivity contribution in [2.75, 3.05) is 17.3 Å². The van der Waals surface area contributed by atoms with Crippen LogP contribution in [0, 0.1) is 0 Å². The van der Waals surface area contributed by atoms with Crippen LogP contribution in [0.1, 0.15) is 12.8 Å². The molecule has 3 unspecified atom stereocenters. The van der Waals surface area contributed by atoms with Gasteiger partial charge in [-0.25, -0.2) is 0 Å². The maximum atomic E-state index is 12.3. The van der Waals surface area contributed by atoms with Gasteiger partial charge in [-0.05, 0) is 18.4 Å². The van der Waals surface area contributed by atoms with Crippen molar-refractivity contribution in [3.05, 3.63) is 35.5 Å². The van der Waals surface area contributed by atoms with E-state index in [-0.39, 0.29) is 28.3 Å². The van der Waals surface area contributed by atoms with E-state index in [0.717, 1.165) is 12.8 Å². The van der Waals surface area contributed by atoms with E-state index in [1.54, 1.807) is 11.8 Å². The van der Waals surface area contributed by atoms with Crippen LogP contribution < -0.4 is 0 Å². The molecule has 1 aliphatic carbocycles. The Bertz CT molecular complexity index is 596. The second-order valence-electron chi connectivity index (χ2n) is 5.52. The molecule has 2 aliphatic heterocycles. The van der Waals surface area contributed by atoms with Crippen LogP contribution in [0.15, 0.2) is 35.5 Å². The molecule has 0 N–H and O–H groups in total. The number of alkyl halides is 2. The molecule has 2 heterocycles. The summed E-state index contributed by atoms with van der Waals surface area (Å²) in [6.07, 6.45) is 9.51. The fourth-order valence-corrected chi connectivity index (χ4v) is 5.77. The van der Waals surface area contributed by atoms with E-state index in [1.807, 2.05) is 12.2 Å². The number of thioether (sulfide) groups is 1. The third-order valence-electron chi connectivity index (χ3n) is 4.24. The van der Waals surface area contributed by atoms with Crippen molar-refractivity contribution in [3.63, 3.8) is 0 Å². The Labute approximate surface area is 150 Å². The van der Waals surface area contributed by atoms with Gasteiger partial charge in [0, 0.05) is 12.2 Å². The third kappa shape index (κ3) is 2.72. The number of rotatable bonds is 4. The first-order chi connectivity index (χ1) is 10.6. The molecule has 3 aliphatic rings. The molecular weight excluding hydrogens is 432 g/mol. The molecule has 0 aromatic rings. The lowest BCUT2D eigenvalue weighted by molar-refractivity contribution is -0.115. The van der Waals surface area contributed by atoms with E-state index < -0.39 is 4.75 Å². The summed E-state index contributed by atoms with van der Waals surface area (Å²) >= 11 is 8.12. The van der Waals surface area contributed by atoms with Crippen molar-refractivity contribution in [2.24, 2.45) is 0 Å². The Kier molecular flexibility index (Phi) is 5.12. The predicted octanol–water partition coefficient (Wildman–Crippen LogP) is 3.37. The van der Waals surface area contributed by atoms with Crippen LogP contribution in [0.2, 0.25) is 0 Å². The lowest BCUT2D eigenvalue weighted by atomic mass is 9.81. The maximum absolute atomic E-state index is 12.3. The first kappa shape index (κ1) is 16.7. The Balaban J connectivity index is 2.01. The SMILES string of the molecule is O=C(CBr)C1=CC=CC23SC(C(=O)CBr)C=C2CCCOC13. The van der Waals surface area contributed by atoms with Crippen LogP contribution in [-0.4, -0.2) is 44.9 Å². The van der Waals surface area contributed by atoms with Crippen LogP contribution in [0.3, 0.4) is 0 Å². The van der Waals surface area contributed by atoms with Gasteiger partial charge >= 0.3 is 0 Å². The topological polar surface area (TPSA) is 43.4 Å². The number of ketones is 2. The molecule has 3 atom stereocenters. The zero-order chi connectivity index (χ0) is 15.7. The zero-order valence-electron chi connectivity index (χ0n) is 11.9. The molecule has 22 heavy (non-hydrogen) atoms. The van der Waals surface area contributed by atoms with E-state index in [2.05, 4.69) is 44.0 Å². The van der Waals surface area contributed by atoms with Crippen LogP contribution in [0.4, 0.5) is 0 Å². The third-order valence-corrected chi connectivity index (χ3v) is 6.95. The minimum Gasteiger partial charge on any atom is -0.371 e. The first-order valence-electron chi connectivity index (χ1n) is 7.20. The number of ether oxygens (including phenoxy) is 1. The maximum Gasteiger partial charge on any atom is 0.172 e. The number of halogens is 2. The lowest BCUT2D eigenvalue weighted by Crippen LogP contribution is -2.44. The summed E-state index contributed by atoms with van der Waals surface area (Å²) in [5.41, 5.74) is 1.93. The highest BCUT2D eigenvalue weighted by Crippen LogP contribution is 2.53. The Hall–Kier alpha value is -0.170. The fourth-order valence-electron chi connectivity index (χ4n) is 3.22. The van der Waals surface area contributed by atoms with Gasteiger partial charge in [-0.3, -0.25) is 9.59 Å². The van der Waals surface area contributed by atoms with E-state index in [0.29, 0.717) is 17.5 Å². The number of carbonyl (C=O) groups excluding carboxylic acids is 2. The molecule has 0 saturated carbocycles. The van der Waals surface area contributed by atoms with E-state index in [1.165, 1.54) is 5.57 Å². The van der Waals surface area contributed by atoms with Gasteiger partial charge in [-0.1, -0.05) is 56.2 Å². The molecule has 0 amide bonds. The summed E-state index contributed by atoms with van der Waals surface area (Å²) in [4.78, 5) is 24.4. The number of hydrogen-bond acceptors (Lipinski definition) is 4. The standard InChI is InChI=1S/C16H16Br2O3S/c17-8-12(19)11-4-1-5-16-10(3-2-6-21-15(11)16)7-14(22-16)13(20)9-18/h1,4-5,7,14-15H,2-3,6,8-9H2. The van der Waals surface area contributed by atoms with Crippen LogP contribution in [0.5, 0.6) is 0 Å². The number of carbonyl (C=O) groups is 2. The molecule has 6 heteroatoms. The predicted molar refractivity (Wildman–Crippen MR) is 96.0 cm³/mol. The van der Waals surface area contributed by atoms with Crippen molar-refractivity contribution in [1.82, 2.24) is 0 Å². The Morgan fingerprint density at radius 3 is 2.91 bits per heavy atom. The van der Waals surface area contributed by atoms with Gasteiger partial charge < -0.3 is 4.74 Å². The van der Waals surface area contributed by atoms with Crippen LogP contribution in [-0.2, 0) is 14.3 Å². The van der Waals surface area contributed by atoms with Gasteiger partial charge in [0.2, 0.25) is 0 Å². The lowest BCUT2D eigenvalue weighted by Gasteiger charge is -2.38. The van der Waals surface area contributed by atoms with Gasteiger partial charge in [0.05, 0.1) is 20.7 Å². The number of hydrogen-bond donors (Lipinski definition) is 0. The van der Waals surface area contributed by atoms with Crippen molar-refractivity contribution in [3.8, 4) is 0 Å². The molecule has 1 saturated heterocycles. The van der Waals surface area contributed by atoms with Gasteiger partial charge in [-0.15, -0.1) is 11.8 Å². The summed E-state index contributed by atoms with van der Waals surface area (Å²) < 4.78 is 5.66. The summed E-state index contributed by atoms with van der Waals surface area (Å²) in [5.74, 6) is 0.209. The van der Waals surface area contributed by atoms with Crippen LogP contribution in [0.25, 0.3) is 0 Å². The molecule has 118 valence electrons. The second kappa shape index (κ2) is 6.75. The average Bonchev–Trinajstić information content (AvgIpc) is 2.80. The molecule has 0 aromatic heterocycles. The van der Waals surface area contributed by atoms with Crippen molar-refractivity contribution in [2.45, 2.75) is 28.9 Å². The molecule has 0 radical (unpaired) electrons. The van der Waals surface area contributed by atoms with Gasteiger partial charge in [-0.2, -0.15) is 0 Å². The van der Waals surface area contributed by atoms with Crippen molar-refractivity contribution >= 4 is 55.2 Å². The summed E-state index contributed by atoms with van der Waals surface area (Å²) in [5, 5.41) is 0.473. The van der Waals surface area contributed by atoms with Crippen molar-refractivity contribution in [1.29, 1.82) is 0 Å². The molecule has 1 fully saturated rings. The summed E-state index contributed by atoms with van der Waals surface area (Å²) in [7, 11) is 0. The second-order valence-corrected chi connectivity index (χ2v) is 8.06. The smallest absolute Gasteiger partial charge is 0.172 e. The van der Waals surface area contributed by atoms with E-state index >= 15 is 0 Å². The largest absolute Gasteiger partial charge is 0.371 e. The van der Waals surface area contributed by atoms with E-state index in [9.17, 15) is 9.59 Å². The number of allylic oxidation sites excluding steroid dienone is 2. The molecular formula is C16H16Br2O3S. The molecule has 3 nitrogen and oxygen atoms in total. The Morgan fingerprint density at radius 2 is 2.18 bits per heavy atom. The molecule has 3 rings (SSSR count). The van der Waals surface area contributed by atoms with Crippen LogP contribution >= 0.6 is 43.6 Å². The average molecular weight is 448 g/mol. The molecule has 1 spiro atoms. The molecule has 0 bridgehead atoms. The zero-order valence-corrected chi connectivity index (χ0v) is 15.9. The monoisotopic (exact) mass is 446 g/mol. The van der Waals surface area contributed by atoms with E-state index in [4.69, 9.17) is 4.74 Å². The quantitative estimate of drug-likeness (QED) is 0.489. The highest BCUT2D eigenvalue weighted by molar-refractivity contribution is 9.09. The summed E-state index contributed by atoms with van der Waals surface area (Å²) in [6, 6.07) is 0. The fraction of sp³-hybridized carbons (Fsp3) is 0.500. The number of Topliss-reactive ketones (excluding diaryl/α,β-unsaturated/α-hetero) is 2. The minimum absolute atomic E-state index is 0.0471. The minimum atomic E-state index is -0.402.